The van der Waals surface area contributed by atoms with E-state index in [1.165, 1.54) is 6.07 Å². The fourth-order valence-electron chi connectivity index (χ4n) is 1.29. The van der Waals surface area contributed by atoms with Gasteiger partial charge in [-0.2, -0.15) is 5.26 Å². The van der Waals surface area contributed by atoms with Crippen LogP contribution >= 0.6 is 11.6 Å². The van der Waals surface area contributed by atoms with Gasteiger partial charge in [-0.05, 0) is 18.6 Å². The second kappa shape index (κ2) is 6.09. The molecule has 0 aliphatic heterocycles. The Morgan fingerprint density at radius 2 is 2.38 bits per heavy atom. The van der Waals surface area contributed by atoms with Crippen LogP contribution in [0.15, 0.2) is 12.1 Å². The molecule has 0 aromatic carbocycles. The molecule has 1 heterocycles. The quantitative estimate of drug-likeness (QED) is 0.643. The van der Waals surface area contributed by atoms with Gasteiger partial charge in [0.1, 0.15) is 11.7 Å². The van der Waals surface area contributed by atoms with E-state index >= 15 is 0 Å². The summed E-state index contributed by atoms with van der Waals surface area (Å²) in [4.78, 5) is 15.7. The Morgan fingerprint density at radius 3 is 3.00 bits per heavy atom. The van der Waals surface area contributed by atoms with Gasteiger partial charge in [-0.25, -0.2) is 4.98 Å². The molecule has 0 unspecified atom stereocenters. The number of aryl methyl sites for hydroxylation is 1. The van der Waals surface area contributed by atoms with Crippen LogP contribution in [-0.4, -0.2) is 17.4 Å². The van der Waals surface area contributed by atoms with E-state index in [-0.39, 0.29) is 12.5 Å². The molecule has 1 rings (SSSR count). The van der Waals surface area contributed by atoms with Crippen molar-refractivity contribution in [2.24, 2.45) is 0 Å². The fraction of sp³-hybridized carbons (Fsp3) is 0.364. The second-order valence-electron chi connectivity index (χ2n) is 3.26. The van der Waals surface area contributed by atoms with E-state index < -0.39 is 0 Å². The van der Waals surface area contributed by atoms with Gasteiger partial charge < -0.3 is 5.32 Å². The molecule has 0 aliphatic rings. The van der Waals surface area contributed by atoms with Crippen molar-refractivity contribution in [3.8, 4) is 6.07 Å². The van der Waals surface area contributed by atoms with Crippen LogP contribution in [0.4, 0.5) is 0 Å². The standard InChI is InChI=1S/C11H12ClN3O/c1-2-3-9-6-8(7-10(12)15-9)11(16)14-5-4-13/h6-7H,2-3,5H2,1H3,(H,14,16). The van der Waals surface area contributed by atoms with Crippen molar-refractivity contribution in [1.82, 2.24) is 10.3 Å². The molecule has 1 amide bonds. The molecular weight excluding hydrogens is 226 g/mol. The van der Waals surface area contributed by atoms with Crippen LogP contribution < -0.4 is 5.32 Å². The van der Waals surface area contributed by atoms with Crippen molar-refractivity contribution in [3.05, 3.63) is 28.5 Å². The van der Waals surface area contributed by atoms with Gasteiger partial charge in [-0.1, -0.05) is 24.9 Å². The first-order chi connectivity index (χ1) is 7.67. The average Bonchev–Trinajstić information content (AvgIpc) is 2.25. The number of pyridine rings is 1. The van der Waals surface area contributed by atoms with Crippen LogP contribution in [0.3, 0.4) is 0 Å². The highest BCUT2D eigenvalue weighted by molar-refractivity contribution is 6.29. The number of hydrogen-bond donors (Lipinski definition) is 1. The van der Waals surface area contributed by atoms with Gasteiger partial charge in [-0.15, -0.1) is 0 Å². The molecule has 5 heteroatoms. The predicted octanol–water partition coefficient (Wildman–Crippen LogP) is 1.94. The average molecular weight is 238 g/mol. The summed E-state index contributed by atoms with van der Waals surface area (Å²) >= 11 is 5.81. The molecule has 1 N–H and O–H groups in total. The number of carbonyl (C=O) groups is 1. The first kappa shape index (κ1) is 12.5. The van der Waals surface area contributed by atoms with Gasteiger partial charge in [0, 0.05) is 11.3 Å². The molecule has 0 spiro atoms. The highest BCUT2D eigenvalue weighted by Crippen LogP contribution is 2.12. The summed E-state index contributed by atoms with van der Waals surface area (Å²) in [6, 6.07) is 5.03. The minimum Gasteiger partial charge on any atom is -0.339 e. The molecule has 4 nitrogen and oxygen atoms in total. The number of aromatic nitrogens is 1. The summed E-state index contributed by atoms with van der Waals surface area (Å²) in [6.07, 6.45) is 1.71. The lowest BCUT2D eigenvalue weighted by Gasteiger charge is -2.04. The van der Waals surface area contributed by atoms with Gasteiger partial charge in [0.05, 0.1) is 6.07 Å². The Kier molecular flexibility index (Phi) is 4.74. The van der Waals surface area contributed by atoms with E-state index in [2.05, 4.69) is 10.3 Å². The Labute approximate surface area is 99.2 Å². The summed E-state index contributed by atoms with van der Waals surface area (Å²) in [6.45, 7) is 2.01. The Morgan fingerprint density at radius 1 is 1.62 bits per heavy atom. The number of nitrogens with zero attached hydrogens (tertiary/aromatic N) is 2. The molecule has 84 valence electrons. The molecule has 16 heavy (non-hydrogen) atoms. The van der Waals surface area contributed by atoms with Crippen LogP contribution in [0.25, 0.3) is 0 Å². The molecule has 0 saturated carbocycles. The largest absolute Gasteiger partial charge is 0.339 e. The summed E-state index contributed by atoms with van der Waals surface area (Å²) in [7, 11) is 0. The molecule has 0 bridgehead atoms. The second-order valence-corrected chi connectivity index (χ2v) is 3.65. The number of halogens is 1. The Hall–Kier alpha value is -1.60. The summed E-state index contributed by atoms with van der Waals surface area (Å²) in [5, 5.41) is 11.1. The van der Waals surface area contributed by atoms with E-state index in [0.29, 0.717) is 10.7 Å². The van der Waals surface area contributed by atoms with Crippen molar-refractivity contribution in [3.63, 3.8) is 0 Å². The number of nitriles is 1. The van der Waals surface area contributed by atoms with Crippen LogP contribution in [0, 0.1) is 11.3 Å². The summed E-state index contributed by atoms with van der Waals surface area (Å²) < 4.78 is 0. The Balaban J connectivity index is 2.87. The third-order valence-corrected chi connectivity index (χ3v) is 2.14. The van der Waals surface area contributed by atoms with E-state index in [0.717, 1.165) is 18.5 Å². The molecule has 1 aromatic rings. The van der Waals surface area contributed by atoms with Crippen molar-refractivity contribution in [2.75, 3.05) is 6.54 Å². The zero-order chi connectivity index (χ0) is 12.0. The van der Waals surface area contributed by atoms with E-state index in [4.69, 9.17) is 16.9 Å². The smallest absolute Gasteiger partial charge is 0.252 e. The number of carbonyl (C=O) groups excluding carboxylic acids is 1. The van der Waals surface area contributed by atoms with E-state index in [9.17, 15) is 4.79 Å². The topological polar surface area (TPSA) is 65.8 Å². The first-order valence-corrected chi connectivity index (χ1v) is 5.36. The van der Waals surface area contributed by atoms with Crippen molar-refractivity contribution >= 4 is 17.5 Å². The molecule has 0 radical (unpaired) electrons. The normalized spacial score (nSPS) is 9.56. The zero-order valence-corrected chi connectivity index (χ0v) is 9.71. The SMILES string of the molecule is CCCc1cc(C(=O)NCC#N)cc(Cl)n1. The van der Waals surface area contributed by atoms with Crippen LogP contribution in [-0.2, 0) is 6.42 Å². The molecule has 1 aromatic heterocycles. The Bertz CT molecular complexity index is 426. The maximum absolute atomic E-state index is 11.6. The lowest BCUT2D eigenvalue weighted by Crippen LogP contribution is -2.23. The number of rotatable bonds is 4. The minimum absolute atomic E-state index is 0.0120. The van der Waals surface area contributed by atoms with E-state index in [1.807, 2.05) is 13.0 Å². The highest BCUT2D eigenvalue weighted by atomic mass is 35.5. The zero-order valence-electron chi connectivity index (χ0n) is 8.96. The lowest BCUT2D eigenvalue weighted by atomic mass is 10.1. The van der Waals surface area contributed by atoms with E-state index in [1.54, 1.807) is 6.07 Å². The van der Waals surface area contributed by atoms with Crippen LogP contribution in [0.5, 0.6) is 0 Å². The molecule has 0 fully saturated rings. The molecule has 0 aliphatic carbocycles. The summed E-state index contributed by atoms with van der Waals surface area (Å²) in [5.41, 5.74) is 1.23. The summed E-state index contributed by atoms with van der Waals surface area (Å²) in [5.74, 6) is -0.303. The van der Waals surface area contributed by atoms with Gasteiger partial charge in [0.15, 0.2) is 0 Å². The van der Waals surface area contributed by atoms with Crippen LogP contribution in [0.2, 0.25) is 5.15 Å². The first-order valence-electron chi connectivity index (χ1n) is 4.99. The number of amides is 1. The maximum Gasteiger partial charge on any atom is 0.252 e. The van der Waals surface area contributed by atoms with Crippen LogP contribution in [0.1, 0.15) is 29.4 Å². The van der Waals surface area contributed by atoms with Gasteiger partial charge in [0.25, 0.3) is 5.91 Å². The van der Waals surface area contributed by atoms with Crippen molar-refractivity contribution < 1.29 is 4.79 Å². The lowest BCUT2D eigenvalue weighted by molar-refractivity contribution is 0.0958. The minimum atomic E-state index is -0.303. The molecule has 0 atom stereocenters. The van der Waals surface area contributed by atoms with Gasteiger partial charge in [0.2, 0.25) is 0 Å². The van der Waals surface area contributed by atoms with Crippen molar-refractivity contribution in [1.29, 1.82) is 5.26 Å². The number of hydrogen-bond acceptors (Lipinski definition) is 3. The number of nitrogens with one attached hydrogen (secondary N) is 1. The molecule has 0 saturated heterocycles. The fourth-order valence-corrected chi connectivity index (χ4v) is 1.51. The molecular formula is C11H12ClN3O. The predicted molar refractivity (Wildman–Crippen MR) is 61.2 cm³/mol. The third kappa shape index (κ3) is 3.52. The third-order valence-electron chi connectivity index (χ3n) is 1.94. The maximum atomic E-state index is 11.6. The monoisotopic (exact) mass is 237 g/mol. The van der Waals surface area contributed by atoms with Gasteiger partial charge in [-0.3, -0.25) is 4.79 Å². The van der Waals surface area contributed by atoms with Crippen molar-refractivity contribution in [2.45, 2.75) is 19.8 Å². The van der Waals surface area contributed by atoms with Gasteiger partial charge >= 0.3 is 0 Å². The highest BCUT2D eigenvalue weighted by Gasteiger charge is 2.08.